The molecule has 0 amide bonds. The minimum atomic E-state index is -0.617. The van der Waals surface area contributed by atoms with Crippen molar-refractivity contribution in [1.82, 2.24) is 0 Å². The van der Waals surface area contributed by atoms with Gasteiger partial charge in [0.25, 0.3) is 0 Å². The molecular formula is C19H35O8Zr. The second-order valence-corrected chi connectivity index (χ2v) is 6.16. The van der Waals surface area contributed by atoms with Crippen LogP contribution in [-0.2, 0) is 50.1 Å². The number of hydrogen-bond donors (Lipinski definition) is 0. The fourth-order valence-electron chi connectivity index (χ4n) is 0.667. The SMILES string of the molecule is C=C(C)C(=O)OCCOC(=O)CC(C)=O.CC(C)[O-].CC(C)[O-].CC(C)[O-].[Zr+3]. The number of ketones is 1. The molecule has 163 valence electrons. The Balaban J connectivity index is -0.000000111. The molecule has 9 heteroatoms. The molecular weight excluding hydrogens is 447 g/mol. The maximum atomic E-state index is 10.8. The maximum Gasteiger partial charge on any atom is 3.00 e. The summed E-state index contributed by atoms with van der Waals surface area (Å²) < 4.78 is 9.27. The average molecular weight is 483 g/mol. The fraction of sp³-hybridized carbons (Fsp3) is 0.737. The van der Waals surface area contributed by atoms with E-state index in [1.165, 1.54) is 13.8 Å². The van der Waals surface area contributed by atoms with E-state index in [-0.39, 0.29) is 57.2 Å². The Labute approximate surface area is 188 Å². The average Bonchev–Trinajstić information content (AvgIpc) is 2.40. The van der Waals surface area contributed by atoms with Gasteiger partial charge in [0.15, 0.2) is 0 Å². The molecule has 0 aromatic rings. The van der Waals surface area contributed by atoms with Gasteiger partial charge in [-0.05, 0) is 13.8 Å². The van der Waals surface area contributed by atoms with Crippen LogP contribution >= 0.6 is 0 Å². The van der Waals surface area contributed by atoms with E-state index in [2.05, 4.69) is 16.1 Å². The summed E-state index contributed by atoms with van der Waals surface area (Å²) in [6, 6.07) is 0. The summed E-state index contributed by atoms with van der Waals surface area (Å²) in [4.78, 5) is 32.2. The zero-order chi connectivity index (χ0) is 22.6. The molecule has 0 aromatic carbocycles. The van der Waals surface area contributed by atoms with Crippen molar-refractivity contribution in [2.75, 3.05) is 13.2 Å². The Morgan fingerprint density at radius 2 is 1.07 bits per heavy atom. The third-order valence-electron chi connectivity index (χ3n) is 1.32. The van der Waals surface area contributed by atoms with E-state index in [4.69, 9.17) is 0 Å². The second kappa shape index (κ2) is 26.1. The first-order chi connectivity index (χ1) is 12.1. The molecule has 0 saturated carbocycles. The standard InChI is InChI=1S/C10H14O5.3C3H7O.Zr/c1-7(2)10(13)15-5-4-14-9(12)6-8(3)11;3*1-3(2)4;/h1,4-6H2,2-3H3;3*3H,1-2H3;/q;3*-1;+3. The molecule has 0 rings (SSSR count). The van der Waals surface area contributed by atoms with Crippen molar-refractivity contribution in [3.8, 4) is 0 Å². The summed E-state index contributed by atoms with van der Waals surface area (Å²) in [5.74, 6) is -1.41. The number of rotatable bonds is 6. The molecule has 8 nitrogen and oxygen atoms in total. The van der Waals surface area contributed by atoms with E-state index in [9.17, 15) is 29.7 Å². The Morgan fingerprint density at radius 3 is 1.32 bits per heavy atom. The van der Waals surface area contributed by atoms with Gasteiger partial charge in [0.2, 0.25) is 0 Å². The van der Waals surface area contributed by atoms with Crippen LogP contribution in [0.25, 0.3) is 0 Å². The van der Waals surface area contributed by atoms with Gasteiger partial charge in [-0.1, -0.05) is 48.1 Å². The van der Waals surface area contributed by atoms with Crippen molar-refractivity contribution in [3.63, 3.8) is 0 Å². The first-order valence-electron chi connectivity index (χ1n) is 8.58. The van der Waals surface area contributed by atoms with Crippen molar-refractivity contribution in [2.24, 2.45) is 0 Å². The number of carbonyl (C=O) groups excluding carboxylic acids is 3. The molecule has 0 bridgehead atoms. The normalized spacial score (nSPS) is 8.79. The van der Waals surface area contributed by atoms with E-state index in [1.54, 1.807) is 41.5 Å². The summed E-state index contributed by atoms with van der Waals surface area (Å²) in [5, 5.41) is 28.6. The van der Waals surface area contributed by atoms with Crippen LogP contribution in [0.15, 0.2) is 12.2 Å². The third kappa shape index (κ3) is 73.3. The Morgan fingerprint density at radius 1 is 0.786 bits per heavy atom. The van der Waals surface area contributed by atoms with E-state index in [0.717, 1.165) is 0 Å². The summed E-state index contributed by atoms with van der Waals surface area (Å²) >= 11 is 0. The van der Waals surface area contributed by atoms with Crippen molar-refractivity contribution in [2.45, 2.75) is 80.1 Å². The summed E-state index contributed by atoms with van der Waals surface area (Å²) in [5.41, 5.74) is 0.282. The van der Waals surface area contributed by atoms with Crippen LogP contribution in [0, 0.1) is 0 Å². The number of carbonyl (C=O) groups is 3. The number of ether oxygens (including phenoxy) is 2. The van der Waals surface area contributed by atoms with Gasteiger partial charge >= 0.3 is 38.1 Å². The molecule has 0 atom stereocenters. The van der Waals surface area contributed by atoms with Crippen molar-refractivity contribution < 1.29 is 65.4 Å². The van der Waals surface area contributed by atoms with Gasteiger partial charge in [-0.15, -0.1) is 18.3 Å². The predicted octanol–water partition coefficient (Wildman–Crippen LogP) is -0.109. The molecule has 0 aliphatic carbocycles. The predicted molar refractivity (Wildman–Crippen MR) is 97.4 cm³/mol. The molecule has 28 heavy (non-hydrogen) atoms. The molecule has 0 saturated heterocycles. The summed E-state index contributed by atoms with van der Waals surface area (Å²) in [7, 11) is 0. The number of esters is 2. The monoisotopic (exact) mass is 481 g/mol. The van der Waals surface area contributed by atoms with Gasteiger partial charge in [0.05, 0.1) is 0 Å². The van der Waals surface area contributed by atoms with Crippen LogP contribution in [0.3, 0.4) is 0 Å². The minimum Gasteiger partial charge on any atom is -0.852 e. The quantitative estimate of drug-likeness (QED) is 0.221. The molecule has 0 heterocycles. The van der Waals surface area contributed by atoms with Crippen molar-refractivity contribution in [1.29, 1.82) is 0 Å². The molecule has 1 radical (unpaired) electrons. The van der Waals surface area contributed by atoms with E-state index < -0.39 is 30.3 Å². The first-order valence-corrected chi connectivity index (χ1v) is 8.58. The Kier molecular flexibility index (Phi) is 35.3. The van der Waals surface area contributed by atoms with Crippen molar-refractivity contribution in [3.05, 3.63) is 12.2 Å². The Bertz CT molecular complexity index is 384. The largest absolute Gasteiger partial charge is 3.00 e. The number of hydrogen-bond acceptors (Lipinski definition) is 8. The fourth-order valence-corrected chi connectivity index (χ4v) is 0.667. The molecule has 0 spiro atoms. The van der Waals surface area contributed by atoms with Gasteiger partial charge in [-0.3, -0.25) is 9.59 Å². The van der Waals surface area contributed by atoms with Gasteiger partial charge in [-0.2, -0.15) is 0 Å². The van der Waals surface area contributed by atoms with Crippen LogP contribution < -0.4 is 15.3 Å². The number of Topliss-reactive ketones (excluding diaryl/α,β-unsaturated/α-hetero) is 1. The molecule has 0 fully saturated rings. The molecule has 0 unspecified atom stereocenters. The minimum absolute atomic E-state index is 0. The molecule has 0 aliphatic rings. The van der Waals surface area contributed by atoms with Crippen LogP contribution in [-0.4, -0.2) is 49.2 Å². The first kappa shape index (κ1) is 37.8. The van der Waals surface area contributed by atoms with E-state index in [0.29, 0.717) is 0 Å². The Hall–Kier alpha value is -0.887. The van der Waals surface area contributed by atoms with Crippen LogP contribution in [0.2, 0.25) is 0 Å². The third-order valence-corrected chi connectivity index (χ3v) is 1.32. The molecule has 0 aromatic heterocycles. The van der Waals surface area contributed by atoms with Crippen molar-refractivity contribution >= 4 is 17.7 Å². The van der Waals surface area contributed by atoms with E-state index >= 15 is 0 Å². The van der Waals surface area contributed by atoms with E-state index in [1.807, 2.05) is 0 Å². The molecule has 0 N–H and O–H groups in total. The van der Waals surface area contributed by atoms with Gasteiger partial charge in [0, 0.05) is 5.57 Å². The second-order valence-electron chi connectivity index (χ2n) is 6.16. The van der Waals surface area contributed by atoms with Crippen LogP contribution in [0.1, 0.15) is 61.8 Å². The summed E-state index contributed by atoms with van der Waals surface area (Å²) in [6.45, 7) is 15.8. The zero-order valence-electron chi connectivity index (χ0n) is 18.3. The maximum absolute atomic E-state index is 10.8. The van der Waals surface area contributed by atoms with Gasteiger partial charge < -0.3 is 24.8 Å². The van der Waals surface area contributed by atoms with Gasteiger partial charge in [0.1, 0.15) is 25.4 Å². The smallest absolute Gasteiger partial charge is 0.852 e. The van der Waals surface area contributed by atoms with Gasteiger partial charge in [-0.25, -0.2) is 4.79 Å². The summed E-state index contributed by atoms with van der Waals surface area (Å²) in [6.07, 6.45) is -1.51. The van der Waals surface area contributed by atoms with Crippen LogP contribution in [0.4, 0.5) is 0 Å². The topological polar surface area (TPSA) is 139 Å². The zero-order valence-corrected chi connectivity index (χ0v) is 20.8. The molecule has 0 aliphatic heterocycles. The van der Waals surface area contributed by atoms with Crippen LogP contribution in [0.5, 0.6) is 0 Å².